The molecule has 11 heteroatoms. The van der Waals surface area contributed by atoms with Crippen LogP contribution < -0.4 is 10.5 Å². The monoisotopic (exact) mass is 499 g/mol. The number of fused-ring (bicyclic) bond motifs is 2. The molecule has 0 fully saturated rings. The summed E-state index contributed by atoms with van der Waals surface area (Å²) in [5, 5.41) is 9.25. The number of thiophene rings is 1. The van der Waals surface area contributed by atoms with Gasteiger partial charge in [0.2, 0.25) is 10.9 Å². The maximum absolute atomic E-state index is 13.2. The van der Waals surface area contributed by atoms with Crippen LogP contribution in [0.3, 0.4) is 0 Å². The number of benzene rings is 1. The van der Waals surface area contributed by atoms with Gasteiger partial charge < -0.3 is 5.73 Å². The van der Waals surface area contributed by atoms with Gasteiger partial charge in [0.15, 0.2) is 0 Å². The number of pyridine rings is 1. The molecular weight excluding hydrogens is 478 g/mol. The molecule has 33 heavy (non-hydrogen) atoms. The number of carbonyl (C=O) groups is 1. The first-order valence-electron chi connectivity index (χ1n) is 10.5. The van der Waals surface area contributed by atoms with Gasteiger partial charge in [-0.15, -0.1) is 21.5 Å². The van der Waals surface area contributed by atoms with Gasteiger partial charge in [-0.3, -0.25) is 9.52 Å². The Bertz CT molecular complexity index is 1470. The summed E-state index contributed by atoms with van der Waals surface area (Å²) in [6.45, 7) is 1.74. The fourth-order valence-corrected chi connectivity index (χ4v) is 6.81. The van der Waals surface area contributed by atoms with Crippen molar-refractivity contribution in [2.45, 2.75) is 43.9 Å². The molecule has 1 aliphatic rings. The highest BCUT2D eigenvalue weighted by atomic mass is 32.2. The second kappa shape index (κ2) is 8.47. The van der Waals surface area contributed by atoms with Crippen LogP contribution in [0.2, 0.25) is 0 Å². The SMILES string of the molecule is Cc1nnc(NS(=O)(=O)c2ccc(C(=O)c3sc4nc5c(cc4c3N)CCCCC5)cc2)s1. The van der Waals surface area contributed by atoms with E-state index in [0.29, 0.717) is 21.1 Å². The van der Waals surface area contributed by atoms with Gasteiger partial charge in [0.1, 0.15) is 14.7 Å². The molecule has 3 heterocycles. The fraction of sp³-hybridized carbons (Fsp3) is 0.273. The Morgan fingerprint density at radius 2 is 1.82 bits per heavy atom. The normalized spacial score (nSPS) is 14.1. The summed E-state index contributed by atoms with van der Waals surface area (Å²) >= 11 is 2.43. The van der Waals surface area contributed by atoms with Crippen molar-refractivity contribution in [1.82, 2.24) is 15.2 Å². The minimum Gasteiger partial charge on any atom is -0.397 e. The smallest absolute Gasteiger partial charge is 0.263 e. The summed E-state index contributed by atoms with van der Waals surface area (Å²) in [6, 6.07) is 7.87. The summed E-state index contributed by atoms with van der Waals surface area (Å²) in [6.07, 6.45) is 5.40. The summed E-state index contributed by atoms with van der Waals surface area (Å²) in [4.78, 5) is 19.2. The van der Waals surface area contributed by atoms with E-state index in [0.717, 1.165) is 52.9 Å². The van der Waals surface area contributed by atoms with Crippen molar-refractivity contribution < 1.29 is 13.2 Å². The van der Waals surface area contributed by atoms with E-state index >= 15 is 0 Å². The molecule has 0 saturated carbocycles. The van der Waals surface area contributed by atoms with Crippen molar-refractivity contribution in [2.24, 2.45) is 0 Å². The molecule has 3 N–H and O–H groups in total. The lowest BCUT2D eigenvalue weighted by Crippen LogP contribution is -2.13. The first-order chi connectivity index (χ1) is 15.8. The van der Waals surface area contributed by atoms with Crippen LogP contribution in [0.25, 0.3) is 10.2 Å². The first kappa shape index (κ1) is 21.9. The molecule has 0 saturated heterocycles. The van der Waals surface area contributed by atoms with Gasteiger partial charge in [-0.1, -0.05) is 17.8 Å². The van der Waals surface area contributed by atoms with Gasteiger partial charge in [0.05, 0.1) is 10.6 Å². The van der Waals surface area contributed by atoms with E-state index in [1.54, 1.807) is 6.92 Å². The van der Waals surface area contributed by atoms with Crippen molar-refractivity contribution in [3.63, 3.8) is 0 Å². The number of nitrogens with two attached hydrogens (primary N) is 1. The average Bonchev–Trinajstić information content (AvgIpc) is 3.24. The second-order valence-corrected chi connectivity index (χ2v) is 11.8. The van der Waals surface area contributed by atoms with E-state index in [1.165, 1.54) is 47.6 Å². The van der Waals surface area contributed by atoms with E-state index in [2.05, 4.69) is 21.0 Å². The number of sulfonamides is 1. The molecule has 8 nitrogen and oxygen atoms in total. The van der Waals surface area contributed by atoms with Crippen LogP contribution >= 0.6 is 22.7 Å². The number of aromatic nitrogens is 3. The highest BCUT2D eigenvalue weighted by Crippen LogP contribution is 2.36. The molecular formula is C22H21N5O3S3. The lowest BCUT2D eigenvalue weighted by Gasteiger charge is -2.06. The van der Waals surface area contributed by atoms with Crippen LogP contribution in [0, 0.1) is 6.92 Å². The molecule has 5 rings (SSSR count). The average molecular weight is 500 g/mol. The van der Waals surface area contributed by atoms with Gasteiger partial charge in [-0.2, -0.15) is 0 Å². The van der Waals surface area contributed by atoms with E-state index in [1.807, 2.05) is 0 Å². The molecule has 1 aromatic carbocycles. The maximum atomic E-state index is 13.2. The third kappa shape index (κ3) is 4.23. The van der Waals surface area contributed by atoms with Crippen LogP contribution in [-0.2, 0) is 22.9 Å². The Labute approximate surface area is 198 Å². The number of aryl methyl sites for hydroxylation is 3. The molecule has 0 amide bonds. The number of anilines is 2. The summed E-state index contributed by atoms with van der Waals surface area (Å²) in [5.41, 5.74) is 9.49. The number of nitrogen functional groups attached to an aromatic ring is 1. The molecule has 3 aromatic heterocycles. The van der Waals surface area contributed by atoms with Crippen molar-refractivity contribution in [1.29, 1.82) is 0 Å². The lowest BCUT2D eigenvalue weighted by atomic mass is 10.1. The second-order valence-electron chi connectivity index (χ2n) is 7.94. The van der Waals surface area contributed by atoms with Crippen LogP contribution in [-0.4, -0.2) is 29.4 Å². The van der Waals surface area contributed by atoms with Gasteiger partial charge in [-0.05, 0) is 68.5 Å². The molecule has 0 atom stereocenters. The van der Waals surface area contributed by atoms with Gasteiger partial charge in [0.25, 0.3) is 10.0 Å². The summed E-state index contributed by atoms with van der Waals surface area (Å²) in [7, 11) is -3.83. The number of ketones is 1. The topological polar surface area (TPSA) is 128 Å². The number of carbonyl (C=O) groups excluding carboxylic acids is 1. The van der Waals surface area contributed by atoms with Gasteiger partial charge in [-0.25, -0.2) is 13.4 Å². The first-order valence-corrected chi connectivity index (χ1v) is 13.6. The third-order valence-electron chi connectivity index (χ3n) is 5.63. The Kier molecular flexibility index (Phi) is 5.63. The molecule has 0 bridgehead atoms. The van der Waals surface area contributed by atoms with Crippen LogP contribution in [0.4, 0.5) is 10.8 Å². The number of rotatable bonds is 5. The van der Waals surface area contributed by atoms with Crippen molar-refractivity contribution in [3.05, 3.63) is 57.0 Å². The quantitative estimate of drug-likeness (QED) is 0.309. The highest BCUT2D eigenvalue weighted by Gasteiger charge is 2.22. The lowest BCUT2D eigenvalue weighted by molar-refractivity contribution is 0.104. The zero-order valence-corrected chi connectivity index (χ0v) is 20.2. The molecule has 0 radical (unpaired) electrons. The fourth-order valence-electron chi connectivity index (χ4n) is 3.93. The van der Waals surface area contributed by atoms with Crippen molar-refractivity contribution in [3.8, 4) is 0 Å². The van der Waals surface area contributed by atoms with E-state index in [-0.39, 0.29) is 15.8 Å². The van der Waals surface area contributed by atoms with E-state index < -0.39 is 10.0 Å². The third-order valence-corrected chi connectivity index (χ3v) is 8.98. The number of hydrogen-bond acceptors (Lipinski definition) is 9. The summed E-state index contributed by atoms with van der Waals surface area (Å²) < 4.78 is 27.6. The number of hydrogen-bond donors (Lipinski definition) is 2. The van der Waals surface area contributed by atoms with Crippen molar-refractivity contribution in [2.75, 3.05) is 10.5 Å². The molecule has 0 aliphatic heterocycles. The zero-order valence-electron chi connectivity index (χ0n) is 17.8. The zero-order chi connectivity index (χ0) is 23.2. The maximum Gasteiger partial charge on any atom is 0.263 e. The summed E-state index contributed by atoms with van der Waals surface area (Å²) in [5.74, 6) is -0.248. The van der Waals surface area contributed by atoms with E-state index in [4.69, 9.17) is 10.7 Å². The minimum absolute atomic E-state index is 0.0293. The predicted octanol–water partition coefficient (Wildman–Crippen LogP) is 4.34. The molecule has 4 aromatic rings. The highest BCUT2D eigenvalue weighted by molar-refractivity contribution is 7.93. The Morgan fingerprint density at radius 1 is 1.06 bits per heavy atom. The largest absolute Gasteiger partial charge is 0.397 e. The molecule has 1 aliphatic carbocycles. The molecule has 0 spiro atoms. The van der Waals surface area contributed by atoms with Crippen LogP contribution in [0.1, 0.15) is 50.8 Å². The number of nitrogens with zero attached hydrogens (tertiary/aromatic N) is 3. The molecule has 0 unspecified atom stereocenters. The van der Waals surface area contributed by atoms with E-state index in [9.17, 15) is 13.2 Å². The minimum atomic E-state index is -3.83. The Balaban J connectivity index is 1.43. The Hall–Kier alpha value is -2.89. The van der Waals surface area contributed by atoms with Crippen molar-refractivity contribution >= 4 is 59.5 Å². The Morgan fingerprint density at radius 3 is 2.55 bits per heavy atom. The van der Waals surface area contributed by atoms with Gasteiger partial charge >= 0.3 is 0 Å². The van der Waals surface area contributed by atoms with Crippen LogP contribution in [0.15, 0.2) is 35.2 Å². The van der Waals surface area contributed by atoms with Gasteiger partial charge in [0, 0.05) is 16.6 Å². The standard InChI is InChI=1S/C22H21N5O3S3/c1-12-25-26-22(31-12)27-33(29,30)15-9-7-13(8-10-15)19(28)20-18(23)16-11-14-5-3-2-4-6-17(14)24-21(16)32-20/h7-11H,2-6,23H2,1H3,(H,26,27). The predicted molar refractivity (Wildman–Crippen MR) is 131 cm³/mol. The van der Waals surface area contributed by atoms with Crippen LogP contribution in [0.5, 0.6) is 0 Å². The number of nitrogens with one attached hydrogen (secondary N) is 1. The molecule has 170 valence electrons.